The van der Waals surface area contributed by atoms with Gasteiger partial charge < -0.3 is 9.64 Å². The van der Waals surface area contributed by atoms with Crippen molar-refractivity contribution >= 4 is 16.8 Å². The smallest absolute Gasteiger partial charge is 0.244 e. The van der Waals surface area contributed by atoms with Crippen LogP contribution in [0, 0.1) is 0 Å². The molecule has 1 saturated heterocycles. The predicted molar refractivity (Wildman–Crippen MR) is 86.2 cm³/mol. The van der Waals surface area contributed by atoms with Gasteiger partial charge in [-0.1, -0.05) is 18.2 Å². The number of H-pyrrole nitrogens is 1. The van der Waals surface area contributed by atoms with Gasteiger partial charge in [-0.3, -0.25) is 9.48 Å². The van der Waals surface area contributed by atoms with E-state index in [1.165, 1.54) is 0 Å². The summed E-state index contributed by atoms with van der Waals surface area (Å²) in [5.74, 6) is 0.0592. The molecule has 1 aliphatic rings. The van der Waals surface area contributed by atoms with Gasteiger partial charge in [0.1, 0.15) is 6.54 Å². The minimum absolute atomic E-state index is 0.0249. The Bertz CT molecular complexity index is 843. The van der Waals surface area contributed by atoms with Crippen molar-refractivity contribution in [2.45, 2.75) is 18.6 Å². The fraction of sp³-hybridized carbons (Fsp3) is 0.375. The zero-order valence-electron chi connectivity index (χ0n) is 13.3. The largest absolute Gasteiger partial charge is 0.379 e. The van der Waals surface area contributed by atoms with Crippen LogP contribution in [0.15, 0.2) is 36.7 Å². The van der Waals surface area contributed by atoms with Gasteiger partial charge in [-0.05, 0) is 6.07 Å². The molecule has 1 N–H and O–H groups in total. The van der Waals surface area contributed by atoms with E-state index in [1.54, 1.807) is 24.2 Å². The van der Waals surface area contributed by atoms with Crippen molar-refractivity contribution in [2.24, 2.45) is 0 Å². The average Bonchev–Trinajstić information content (AvgIpc) is 3.34. The van der Waals surface area contributed by atoms with Gasteiger partial charge in [0.15, 0.2) is 0 Å². The number of amides is 1. The van der Waals surface area contributed by atoms with E-state index in [4.69, 9.17) is 4.74 Å². The Hall–Kier alpha value is -2.74. The van der Waals surface area contributed by atoms with E-state index < -0.39 is 0 Å². The first kappa shape index (κ1) is 14.8. The highest BCUT2D eigenvalue weighted by atomic mass is 16.5. The SMILES string of the molecule is CO[C@@H]1CN(C(=O)Cn2ncc3ccccc32)C[C@H]1c1cn[nH]n1. The summed E-state index contributed by atoms with van der Waals surface area (Å²) in [6.45, 7) is 1.34. The van der Waals surface area contributed by atoms with Crippen molar-refractivity contribution in [3.63, 3.8) is 0 Å². The van der Waals surface area contributed by atoms with Crippen LogP contribution in [0.2, 0.25) is 0 Å². The van der Waals surface area contributed by atoms with Crippen LogP contribution in [0.3, 0.4) is 0 Å². The normalized spacial score (nSPS) is 20.8. The second kappa shape index (κ2) is 6.04. The molecule has 0 unspecified atom stereocenters. The first-order valence-electron chi connectivity index (χ1n) is 7.83. The summed E-state index contributed by atoms with van der Waals surface area (Å²) in [7, 11) is 1.66. The van der Waals surface area contributed by atoms with Gasteiger partial charge in [0.05, 0.1) is 35.6 Å². The molecule has 0 aliphatic carbocycles. The Kier molecular flexibility index (Phi) is 3.73. The van der Waals surface area contributed by atoms with Crippen molar-refractivity contribution in [1.29, 1.82) is 0 Å². The Balaban J connectivity index is 1.51. The summed E-state index contributed by atoms with van der Waals surface area (Å²) in [5.41, 5.74) is 1.78. The zero-order chi connectivity index (χ0) is 16.5. The van der Waals surface area contributed by atoms with E-state index in [-0.39, 0.29) is 24.5 Å². The molecule has 124 valence electrons. The minimum atomic E-state index is -0.0755. The van der Waals surface area contributed by atoms with Crippen molar-refractivity contribution < 1.29 is 9.53 Å². The van der Waals surface area contributed by atoms with Crippen molar-refractivity contribution in [3.8, 4) is 0 Å². The Morgan fingerprint density at radius 1 is 1.33 bits per heavy atom. The number of rotatable bonds is 4. The van der Waals surface area contributed by atoms with Crippen LogP contribution in [0.25, 0.3) is 10.9 Å². The van der Waals surface area contributed by atoms with Crippen LogP contribution < -0.4 is 0 Å². The van der Waals surface area contributed by atoms with E-state index in [0.717, 1.165) is 16.6 Å². The van der Waals surface area contributed by atoms with Gasteiger partial charge in [-0.15, -0.1) is 0 Å². The summed E-state index contributed by atoms with van der Waals surface area (Å²) >= 11 is 0. The molecule has 0 saturated carbocycles. The molecule has 1 amide bonds. The number of para-hydroxylation sites is 1. The molecule has 0 spiro atoms. The Morgan fingerprint density at radius 2 is 2.21 bits per heavy atom. The number of likely N-dealkylation sites (tertiary alicyclic amines) is 1. The lowest BCUT2D eigenvalue weighted by Crippen LogP contribution is -2.33. The fourth-order valence-electron chi connectivity index (χ4n) is 3.27. The van der Waals surface area contributed by atoms with Crippen LogP contribution in [0.5, 0.6) is 0 Å². The molecule has 4 rings (SSSR count). The summed E-state index contributed by atoms with van der Waals surface area (Å²) in [5, 5.41) is 16.0. The second-order valence-electron chi connectivity index (χ2n) is 5.94. The van der Waals surface area contributed by atoms with Crippen LogP contribution >= 0.6 is 0 Å². The van der Waals surface area contributed by atoms with Crippen LogP contribution in [-0.2, 0) is 16.1 Å². The third kappa shape index (κ3) is 2.54. The van der Waals surface area contributed by atoms with Crippen molar-refractivity contribution in [1.82, 2.24) is 30.1 Å². The molecule has 2 atom stereocenters. The number of aromatic amines is 1. The monoisotopic (exact) mass is 326 g/mol. The number of aromatic nitrogens is 5. The Morgan fingerprint density at radius 3 is 3.00 bits per heavy atom. The number of carbonyl (C=O) groups is 1. The molecule has 0 radical (unpaired) electrons. The highest BCUT2D eigenvalue weighted by molar-refractivity contribution is 5.82. The molecule has 24 heavy (non-hydrogen) atoms. The van der Waals surface area contributed by atoms with Crippen LogP contribution in [0.4, 0.5) is 0 Å². The topological polar surface area (TPSA) is 88.9 Å². The minimum Gasteiger partial charge on any atom is -0.379 e. The quantitative estimate of drug-likeness (QED) is 0.766. The molecule has 3 aromatic rings. The van der Waals surface area contributed by atoms with Crippen LogP contribution in [-0.4, -0.2) is 62.3 Å². The number of hydrogen-bond donors (Lipinski definition) is 1. The molecule has 1 fully saturated rings. The number of nitrogens with zero attached hydrogens (tertiary/aromatic N) is 5. The van der Waals surface area contributed by atoms with Gasteiger partial charge >= 0.3 is 0 Å². The zero-order valence-corrected chi connectivity index (χ0v) is 13.3. The number of ether oxygens (including phenoxy) is 1. The lowest BCUT2D eigenvalue weighted by Gasteiger charge is -2.16. The maximum absolute atomic E-state index is 12.7. The average molecular weight is 326 g/mol. The number of methoxy groups -OCH3 is 1. The number of carbonyl (C=O) groups excluding carboxylic acids is 1. The standard InChI is InChI=1S/C16H18N6O2/c1-24-15-9-21(8-12(15)13-7-17-20-19-13)16(23)10-22-14-5-3-2-4-11(14)6-18-22/h2-7,12,15H,8-10H2,1H3,(H,17,19,20)/t12-,15+/m0/s1. The molecule has 8 heteroatoms. The van der Waals surface area contributed by atoms with Gasteiger partial charge in [-0.25, -0.2) is 0 Å². The lowest BCUT2D eigenvalue weighted by molar-refractivity contribution is -0.131. The Labute approximate surface area is 138 Å². The van der Waals surface area contributed by atoms with Crippen molar-refractivity contribution in [3.05, 3.63) is 42.4 Å². The summed E-state index contributed by atoms with van der Waals surface area (Å²) in [6, 6.07) is 7.86. The lowest BCUT2D eigenvalue weighted by atomic mass is 10.0. The first-order valence-corrected chi connectivity index (χ1v) is 7.83. The molecule has 1 aromatic carbocycles. The third-order valence-electron chi connectivity index (χ3n) is 4.57. The highest BCUT2D eigenvalue weighted by Crippen LogP contribution is 2.28. The molecule has 0 bridgehead atoms. The summed E-state index contributed by atoms with van der Waals surface area (Å²) in [4.78, 5) is 14.5. The molecule has 1 aliphatic heterocycles. The number of nitrogens with one attached hydrogen (secondary N) is 1. The predicted octanol–water partition coefficient (Wildman–Crippen LogP) is 0.795. The van der Waals surface area contributed by atoms with E-state index >= 15 is 0 Å². The molecular formula is C16H18N6O2. The first-order chi connectivity index (χ1) is 11.8. The fourth-order valence-corrected chi connectivity index (χ4v) is 3.27. The van der Waals surface area contributed by atoms with Gasteiger partial charge in [0.2, 0.25) is 5.91 Å². The maximum Gasteiger partial charge on any atom is 0.244 e. The van der Waals surface area contributed by atoms with Crippen LogP contribution in [0.1, 0.15) is 11.6 Å². The number of fused-ring (bicyclic) bond motifs is 1. The second-order valence-corrected chi connectivity index (χ2v) is 5.94. The van der Waals surface area contributed by atoms with Gasteiger partial charge in [-0.2, -0.15) is 20.5 Å². The van der Waals surface area contributed by atoms with Crippen molar-refractivity contribution in [2.75, 3.05) is 20.2 Å². The third-order valence-corrected chi connectivity index (χ3v) is 4.57. The van der Waals surface area contributed by atoms with E-state index in [1.807, 2.05) is 29.2 Å². The maximum atomic E-state index is 12.7. The van der Waals surface area contributed by atoms with E-state index in [2.05, 4.69) is 20.5 Å². The summed E-state index contributed by atoms with van der Waals surface area (Å²) < 4.78 is 7.27. The number of benzene rings is 1. The molecular weight excluding hydrogens is 308 g/mol. The van der Waals surface area contributed by atoms with E-state index in [0.29, 0.717) is 13.1 Å². The molecule has 3 heterocycles. The summed E-state index contributed by atoms with van der Waals surface area (Å²) in [6.07, 6.45) is 3.39. The highest BCUT2D eigenvalue weighted by Gasteiger charge is 2.37. The number of hydrogen-bond acceptors (Lipinski definition) is 5. The molecule has 8 nitrogen and oxygen atoms in total. The van der Waals surface area contributed by atoms with Gasteiger partial charge in [0, 0.05) is 25.6 Å². The van der Waals surface area contributed by atoms with E-state index in [9.17, 15) is 4.79 Å². The van der Waals surface area contributed by atoms with Gasteiger partial charge in [0.25, 0.3) is 0 Å². The molecule has 2 aromatic heterocycles.